The van der Waals surface area contributed by atoms with E-state index in [1.54, 1.807) is 6.92 Å². The molecular weight excluding hydrogens is 220 g/mol. The molecule has 0 N–H and O–H groups in total. The number of benzene rings is 1. The van der Waals surface area contributed by atoms with Gasteiger partial charge in [-0.05, 0) is 25.3 Å². The molecular formula is C17H20O. The Hall–Kier alpha value is -1.63. The molecule has 1 atom stereocenters. The highest BCUT2D eigenvalue weighted by Crippen LogP contribution is 2.30. The van der Waals surface area contributed by atoms with Gasteiger partial charge in [-0.1, -0.05) is 61.1 Å². The highest BCUT2D eigenvalue weighted by atomic mass is 16.1. The van der Waals surface area contributed by atoms with Crippen molar-refractivity contribution in [1.82, 2.24) is 0 Å². The van der Waals surface area contributed by atoms with Crippen molar-refractivity contribution < 1.29 is 4.79 Å². The van der Waals surface area contributed by atoms with Gasteiger partial charge in [0.05, 0.1) is 5.92 Å². The number of allylic oxidation sites excluding steroid dienone is 4. The lowest BCUT2D eigenvalue weighted by molar-refractivity contribution is -0.118. The van der Waals surface area contributed by atoms with Crippen LogP contribution in [0.15, 0.2) is 48.6 Å². The minimum Gasteiger partial charge on any atom is -0.299 e. The summed E-state index contributed by atoms with van der Waals surface area (Å²) in [5, 5.41) is 0. The van der Waals surface area contributed by atoms with Gasteiger partial charge in [0.2, 0.25) is 0 Å². The van der Waals surface area contributed by atoms with E-state index >= 15 is 0 Å². The smallest absolute Gasteiger partial charge is 0.140 e. The van der Waals surface area contributed by atoms with Crippen LogP contribution in [0, 0.1) is 18.8 Å². The summed E-state index contributed by atoms with van der Waals surface area (Å²) in [7, 11) is 0. The van der Waals surface area contributed by atoms with E-state index < -0.39 is 0 Å². The second-order valence-electron chi connectivity index (χ2n) is 5.18. The van der Waals surface area contributed by atoms with Gasteiger partial charge in [-0.3, -0.25) is 4.79 Å². The molecule has 0 aromatic heterocycles. The summed E-state index contributed by atoms with van der Waals surface area (Å²) >= 11 is 0. The molecule has 0 saturated carbocycles. The molecule has 0 spiro atoms. The van der Waals surface area contributed by atoms with E-state index in [1.165, 1.54) is 11.1 Å². The Morgan fingerprint density at radius 2 is 1.61 bits per heavy atom. The molecule has 1 aliphatic carbocycles. The van der Waals surface area contributed by atoms with Crippen LogP contribution in [0.25, 0.3) is 0 Å². The van der Waals surface area contributed by atoms with Crippen molar-refractivity contribution in [3.05, 3.63) is 59.7 Å². The van der Waals surface area contributed by atoms with Crippen molar-refractivity contribution in [2.24, 2.45) is 11.8 Å². The van der Waals surface area contributed by atoms with E-state index in [9.17, 15) is 4.79 Å². The summed E-state index contributed by atoms with van der Waals surface area (Å²) < 4.78 is 0. The average Bonchev–Trinajstić information content (AvgIpc) is 2.39. The molecule has 0 bridgehead atoms. The summed E-state index contributed by atoms with van der Waals surface area (Å²) in [5.74, 6) is 1.03. The number of aryl methyl sites for hydroxylation is 1. The number of rotatable bonds is 3. The van der Waals surface area contributed by atoms with Gasteiger partial charge in [-0.25, -0.2) is 0 Å². The molecule has 1 aliphatic rings. The van der Waals surface area contributed by atoms with Gasteiger partial charge >= 0.3 is 0 Å². The molecule has 1 aromatic carbocycles. The minimum absolute atomic E-state index is 0.0218. The maximum Gasteiger partial charge on any atom is 0.140 e. The summed E-state index contributed by atoms with van der Waals surface area (Å²) in [6.45, 7) is 5.98. The molecule has 0 amide bonds. The molecule has 0 radical (unpaired) electrons. The van der Waals surface area contributed by atoms with Gasteiger partial charge in [0.1, 0.15) is 5.78 Å². The van der Waals surface area contributed by atoms with Crippen molar-refractivity contribution in [2.75, 3.05) is 0 Å². The summed E-state index contributed by atoms with van der Waals surface area (Å²) in [4.78, 5) is 11.3. The highest BCUT2D eigenvalue weighted by molar-refractivity contribution is 5.82. The van der Waals surface area contributed by atoms with Crippen LogP contribution in [-0.4, -0.2) is 5.78 Å². The Balaban J connectivity index is 2.10. The first-order valence-corrected chi connectivity index (χ1v) is 6.51. The first-order chi connectivity index (χ1) is 8.58. The van der Waals surface area contributed by atoms with E-state index in [1.807, 2.05) is 12.2 Å². The first-order valence-electron chi connectivity index (χ1n) is 6.51. The van der Waals surface area contributed by atoms with E-state index in [0.29, 0.717) is 11.8 Å². The second kappa shape index (κ2) is 5.34. The average molecular weight is 240 g/mol. The number of hydrogen-bond acceptors (Lipinski definition) is 1. The van der Waals surface area contributed by atoms with Crippen molar-refractivity contribution >= 4 is 5.78 Å². The van der Waals surface area contributed by atoms with Gasteiger partial charge < -0.3 is 0 Å². The molecule has 0 saturated heterocycles. The molecule has 2 rings (SSSR count). The van der Waals surface area contributed by atoms with Gasteiger partial charge in [0.25, 0.3) is 0 Å². The fourth-order valence-electron chi connectivity index (χ4n) is 2.32. The van der Waals surface area contributed by atoms with Crippen molar-refractivity contribution in [3.63, 3.8) is 0 Å². The third-order valence-electron chi connectivity index (χ3n) is 3.73. The molecule has 1 aromatic rings. The Morgan fingerprint density at radius 3 is 2.11 bits per heavy atom. The lowest BCUT2D eigenvalue weighted by Crippen LogP contribution is -2.13. The predicted molar refractivity (Wildman–Crippen MR) is 75.5 cm³/mol. The van der Waals surface area contributed by atoms with E-state index in [4.69, 9.17) is 0 Å². The SMILES string of the molecule is CC(=O)C1C=CC(C(C)c2ccc(C)cc2)C=C1. The van der Waals surface area contributed by atoms with E-state index in [0.717, 1.165) is 0 Å². The summed E-state index contributed by atoms with van der Waals surface area (Å²) in [6.07, 6.45) is 8.38. The van der Waals surface area contributed by atoms with Gasteiger partial charge in [0.15, 0.2) is 0 Å². The molecule has 0 fully saturated rings. The van der Waals surface area contributed by atoms with Crippen LogP contribution in [-0.2, 0) is 4.79 Å². The van der Waals surface area contributed by atoms with Crippen molar-refractivity contribution in [1.29, 1.82) is 0 Å². The Bertz CT molecular complexity index is 465. The van der Waals surface area contributed by atoms with Gasteiger partial charge in [-0.2, -0.15) is 0 Å². The molecule has 0 aliphatic heterocycles. The molecule has 94 valence electrons. The highest BCUT2D eigenvalue weighted by Gasteiger charge is 2.18. The summed E-state index contributed by atoms with van der Waals surface area (Å²) in [5.41, 5.74) is 2.64. The Kier molecular flexibility index (Phi) is 3.81. The number of carbonyl (C=O) groups excluding carboxylic acids is 1. The minimum atomic E-state index is -0.0218. The second-order valence-corrected chi connectivity index (χ2v) is 5.18. The first kappa shape index (κ1) is 12.8. The molecule has 18 heavy (non-hydrogen) atoms. The topological polar surface area (TPSA) is 17.1 Å². The van der Waals surface area contributed by atoms with Crippen LogP contribution in [0.2, 0.25) is 0 Å². The quantitative estimate of drug-likeness (QED) is 0.729. The lowest BCUT2D eigenvalue weighted by atomic mass is 9.82. The largest absolute Gasteiger partial charge is 0.299 e. The Morgan fingerprint density at radius 1 is 1.06 bits per heavy atom. The van der Waals surface area contributed by atoms with Crippen molar-refractivity contribution in [2.45, 2.75) is 26.7 Å². The molecule has 1 heteroatoms. The Labute approximate surface area is 109 Å². The predicted octanol–water partition coefficient (Wildman–Crippen LogP) is 4.05. The molecule has 0 heterocycles. The zero-order valence-electron chi connectivity index (χ0n) is 11.3. The van der Waals surface area contributed by atoms with Crippen LogP contribution in [0.3, 0.4) is 0 Å². The lowest BCUT2D eigenvalue weighted by Gasteiger charge is -2.22. The van der Waals surface area contributed by atoms with Crippen LogP contribution in [0.4, 0.5) is 0 Å². The maximum absolute atomic E-state index is 11.3. The zero-order valence-corrected chi connectivity index (χ0v) is 11.3. The van der Waals surface area contributed by atoms with E-state index in [-0.39, 0.29) is 11.7 Å². The van der Waals surface area contributed by atoms with Crippen LogP contribution in [0.1, 0.15) is 30.9 Å². The third kappa shape index (κ3) is 2.79. The fraction of sp³-hybridized carbons (Fsp3) is 0.353. The van der Waals surface area contributed by atoms with Gasteiger partial charge in [0, 0.05) is 5.92 Å². The standard InChI is InChI=1S/C17H20O/c1-12-4-6-15(7-5-12)13(2)16-8-10-17(11-9-16)14(3)18/h4-11,13,16-17H,1-3H3. The van der Waals surface area contributed by atoms with Crippen LogP contribution < -0.4 is 0 Å². The van der Waals surface area contributed by atoms with Crippen LogP contribution in [0.5, 0.6) is 0 Å². The van der Waals surface area contributed by atoms with E-state index in [2.05, 4.69) is 50.3 Å². The number of Topliss-reactive ketones (excluding diaryl/α,β-unsaturated/α-hetero) is 1. The molecule has 1 nitrogen and oxygen atoms in total. The number of ketones is 1. The normalized spacial score (nSPS) is 23.9. The van der Waals surface area contributed by atoms with Crippen LogP contribution >= 0.6 is 0 Å². The molecule has 1 unspecified atom stereocenters. The van der Waals surface area contributed by atoms with Gasteiger partial charge in [-0.15, -0.1) is 0 Å². The maximum atomic E-state index is 11.3. The monoisotopic (exact) mass is 240 g/mol. The van der Waals surface area contributed by atoms with Crippen molar-refractivity contribution in [3.8, 4) is 0 Å². The third-order valence-corrected chi connectivity index (χ3v) is 3.73. The summed E-state index contributed by atoms with van der Waals surface area (Å²) in [6, 6.07) is 8.69. The number of hydrogen-bond donors (Lipinski definition) is 0. The number of carbonyl (C=O) groups is 1. The zero-order chi connectivity index (χ0) is 13.1. The fourth-order valence-corrected chi connectivity index (χ4v) is 2.32.